The zero-order chi connectivity index (χ0) is 11.1. The predicted molar refractivity (Wildman–Crippen MR) is 53.4 cm³/mol. The van der Waals surface area contributed by atoms with Gasteiger partial charge in [0.25, 0.3) is 0 Å². The van der Waals surface area contributed by atoms with Crippen molar-refractivity contribution in [1.82, 2.24) is 0 Å². The number of ketones is 1. The molecule has 0 bridgehead atoms. The summed E-state index contributed by atoms with van der Waals surface area (Å²) in [6.45, 7) is 0. The van der Waals surface area contributed by atoms with Crippen molar-refractivity contribution >= 4 is 5.78 Å². The van der Waals surface area contributed by atoms with Crippen LogP contribution in [0.15, 0.2) is 18.2 Å². The topological polar surface area (TPSA) is 52.3 Å². The van der Waals surface area contributed by atoms with Crippen LogP contribution in [0.25, 0.3) is 0 Å². The molecule has 0 amide bonds. The highest BCUT2D eigenvalue weighted by atomic mass is 19.1. The van der Waals surface area contributed by atoms with E-state index in [1.807, 2.05) is 0 Å². The van der Waals surface area contributed by atoms with Gasteiger partial charge in [0.05, 0.1) is 12.6 Å². The molecule has 0 spiro atoms. The van der Waals surface area contributed by atoms with Gasteiger partial charge in [-0.3, -0.25) is 4.79 Å². The first-order valence-electron chi connectivity index (χ1n) is 4.73. The zero-order valence-corrected chi connectivity index (χ0v) is 8.42. The van der Waals surface area contributed by atoms with E-state index in [1.165, 1.54) is 25.3 Å². The maximum Gasteiger partial charge on any atom is 0.182 e. The van der Waals surface area contributed by atoms with Gasteiger partial charge in [0.15, 0.2) is 5.78 Å². The highest BCUT2D eigenvalue weighted by Gasteiger charge is 2.46. The summed E-state index contributed by atoms with van der Waals surface area (Å²) >= 11 is 0. The number of hydrogen-bond donors (Lipinski definition) is 1. The third kappa shape index (κ3) is 1.85. The molecule has 15 heavy (non-hydrogen) atoms. The maximum atomic E-state index is 13.1. The Labute approximate surface area is 87.0 Å². The summed E-state index contributed by atoms with van der Waals surface area (Å²) in [7, 11) is 1.43. The Kier molecular flexibility index (Phi) is 2.23. The van der Waals surface area contributed by atoms with Crippen molar-refractivity contribution in [1.29, 1.82) is 0 Å². The van der Waals surface area contributed by atoms with Gasteiger partial charge in [-0.15, -0.1) is 0 Å². The minimum absolute atomic E-state index is 0.208. The first kappa shape index (κ1) is 10.1. The summed E-state index contributed by atoms with van der Waals surface area (Å²) in [5, 5.41) is 0. The predicted octanol–water partition coefficient (Wildman–Crippen LogP) is 1.51. The van der Waals surface area contributed by atoms with Crippen molar-refractivity contribution in [3.8, 4) is 5.75 Å². The van der Waals surface area contributed by atoms with E-state index in [4.69, 9.17) is 10.5 Å². The first-order valence-corrected chi connectivity index (χ1v) is 4.73. The van der Waals surface area contributed by atoms with Crippen LogP contribution < -0.4 is 10.5 Å². The van der Waals surface area contributed by atoms with Gasteiger partial charge < -0.3 is 10.5 Å². The Bertz CT molecular complexity index is 413. The zero-order valence-electron chi connectivity index (χ0n) is 8.42. The number of hydrogen-bond acceptors (Lipinski definition) is 3. The fourth-order valence-electron chi connectivity index (χ4n) is 1.46. The summed E-state index contributed by atoms with van der Waals surface area (Å²) in [5.74, 6) is -0.357. The van der Waals surface area contributed by atoms with E-state index in [2.05, 4.69) is 0 Å². The van der Waals surface area contributed by atoms with Crippen LogP contribution in [0, 0.1) is 5.82 Å². The fraction of sp³-hybridized carbons (Fsp3) is 0.364. The molecule has 1 aliphatic rings. The van der Waals surface area contributed by atoms with Gasteiger partial charge in [0, 0.05) is 11.6 Å². The van der Waals surface area contributed by atoms with Crippen LogP contribution in [0.4, 0.5) is 4.39 Å². The molecule has 3 nitrogen and oxygen atoms in total. The summed E-state index contributed by atoms with van der Waals surface area (Å²) < 4.78 is 18.0. The van der Waals surface area contributed by atoms with Gasteiger partial charge in [-0.2, -0.15) is 0 Å². The number of methoxy groups -OCH3 is 1. The highest BCUT2D eigenvalue weighted by Crippen LogP contribution is 2.36. The van der Waals surface area contributed by atoms with Crippen LogP contribution in [-0.2, 0) is 0 Å². The summed E-state index contributed by atoms with van der Waals surface area (Å²) in [4.78, 5) is 11.8. The van der Waals surface area contributed by atoms with Crippen LogP contribution in [0.5, 0.6) is 5.75 Å². The summed E-state index contributed by atoms with van der Waals surface area (Å²) in [6.07, 6.45) is 1.34. The Morgan fingerprint density at radius 3 is 2.67 bits per heavy atom. The second-order valence-corrected chi connectivity index (χ2v) is 3.86. The normalized spacial score (nSPS) is 17.3. The number of ether oxygens (including phenoxy) is 1. The molecule has 2 rings (SSSR count). The van der Waals surface area contributed by atoms with Crippen molar-refractivity contribution in [2.24, 2.45) is 5.73 Å². The van der Waals surface area contributed by atoms with Gasteiger partial charge in [-0.05, 0) is 25.0 Å². The number of rotatable bonds is 3. The second kappa shape index (κ2) is 3.31. The van der Waals surface area contributed by atoms with E-state index in [-0.39, 0.29) is 11.3 Å². The molecule has 0 radical (unpaired) electrons. The standard InChI is InChI=1S/C11H12FNO2/c1-15-9-5-7(4-8(12)6-9)10(14)11(13)2-3-11/h4-6H,2-3,13H2,1H3. The van der Waals surface area contributed by atoms with Gasteiger partial charge in [-0.1, -0.05) is 0 Å². The molecule has 0 heterocycles. The van der Waals surface area contributed by atoms with Crippen LogP contribution in [-0.4, -0.2) is 18.4 Å². The molecule has 4 heteroatoms. The molecule has 0 unspecified atom stereocenters. The van der Waals surface area contributed by atoms with Gasteiger partial charge in [-0.25, -0.2) is 4.39 Å². The number of carbonyl (C=O) groups excluding carboxylic acids is 1. The summed E-state index contributed by atoms with van der Waals surface area (Å²) in [5.41, 5.74) is 5.27. The molecule has 0 atom stereocenters. The minimum atomic E-state index is -0.765. The monoisotopic (exact) mass is 209 g/mol. The third-order valence-corrected chi connectivity index (χ3v) is 2.61. The molecule has 2 N–H and O–H groups in total. The van der Waals surface area contributed by atoms with E-state index < -0.39 is 11.4 Å². The van der Waals surface area contributed by atoms with Crippen molar-refractivity contribution in [3.63, 3.8) is 0 Å². The number of nitrogens with two attached hydrogens (primary N) is 1. The molecule has 1 fully saturated rings. The first-order chi connectivity index (χ1) is 7.05. The van der Waals surface area contributed by atoms with Crippen molar-refractivity contribution in [3.05, 3.63) is 29.6 Å². The lowest BCUT2D eigenvalue weighted by Gasteiger charge is -2.08. The van der Waals surface area contributed by atoms with Crippen molar-refractivity contribution in [2.45, 2.75) is 18.4 Å². The summed E-state index contributed by atoms with van der Waals surface area (Å²) in [6, 6.07) is 3.93. The molecule has 0 aliphatic heterocycles. The number of carbonyl (C=O) groups is 1. The largest absolute Gasteiger partial charge is 0.497 e. The molecule has 80 valence electrons. The lowest BCUT2D eigenvalue weighted by molar-refractivity contribution is 0.0948. The highest BCUT2D eigenvalue weighted by molar-refractivity contribution is 6.05. The Hall–Kier alpha value is -1.42. The minimum Gasteiger partial charge on any atom is -0.497 e. The Morgan fingerprint density at radius 2 is 2.13 bits per heavy atom. The van der Waals surface area contributed by atoms with Crippen LogP contribution in [0.3, 0.4) is 0 Å². The molecule has 1 aliphatic carbocycles. The lowest BCUT2D eigenvalue weighted by Crippen LogP contribution is -2.32. The average Bonchev–Trinajstić information content (AvgIpc) is 2.95. The van der Waals surface area contributed by atoms with E-state index in [0.29, 0.717) is 18.6 Å². The van der Waals surface area contributed by atoms with E-state index >= 15 is 0 Å². The van der Waals surface area contributed by atoms with E-state index in [0.717, 1.165) is 0 Å². The SMILES string of the molecule is COc1cc(F)cc(C(=O)C2(N)CC2)c1. The van der Waals surface area contributed by atoms with E-state index in [1.54, 1.807) is 0 Å². The fourth-order valence-corrected chi connectivity index (χ4v) is 1.46. The Morgan fingerprint density at radius 1 is 1.47 bits per heavy atom. The van der Waals surface area contributed by atoms with Gasteiger partial charge in [0.2, 0.25) is 0 Å². The number of Topliss-reactive ketones (excluding diaryl/α,β-unsaturated/α-hetero) is 1. The van der Waals surface area contributed by atoms with Crippen molar-refractivity contribution in [2.75, 3.05) is 7.11 Å². The second-order valence-electron chi connectivity index (χ2n) is 3.86. The molecular formula is C11H12FNO2. The molecule has 1 aromatic rings. The van der Waals surface area contributed by atoms with E-state index in [9.17, 15) is 9.18 Å². The lowest BCUT2D eigenvalue weighted by atomic mass is 10.0. The molecule has 1 saturated carbocycles. The smallest absolute Gasteiger partial charge is 0.182 e. The van der Waals surface area contributed by atoms with Gasteiger partial charge >= 0.3 is 0 Å². The van der Waals surface area contributed by atoms with Crippen LogP contribution in [0.2, 0.25) is 0 Å². The van der Waals surface area contributed by atoms with Crippen LogP contribution >= 0.6 is 0 Å². The van der Waals surface area contributed by atoms with Gasteiger partial charge in [0.1, 0.15) is 11.6 Å². The Balaban J connectivity index is 2.35. The third-order valence-electron chi connectivity index (χ3n) is 2.61. The quantitative estimate of drug-likeness (QED) is 0.767. The molecule has 0 aromatic heterocycles. The average molecular weight is 209 g/mol. The number of benzene rings is 1. The van der Waals surface area contributed by atoms with Crippen LogP contribution in [0.1, 0.15) is 23.2 Å². The maximum absolute atomic E-state index is 13.1. The number of halogens is 1. The van der Waals surface area contributed by atoms with Crippen molar-refractivity contribution < 1.29 is 13.9 Å². The molecule has 0 saturated heterocycles. The molecule has 1 aromatic carbocycles. The molecular weight excluding hydrogens is 197 g/mol.